The summed E-state index contributed by atoms with van der Waals surface area (Å²) in [5, 5.41) is 10.1. The molecule has 0 aliphatic heterocycles. The van der Waals surface area contributed by atoms with Crippen molar-refractivity contribution >= 4 is 5.91 Å². The Hall–Kier alpha value is -2.34. The monoisotopic (exact) mass is 302 g/mol. The van der Waals surface area contributed by atoms with E-state index in [4.69, 9.17) is 4.74 Å². The van der Waals surface area contributed by atoms with E-state index in [-0.39, 0.29) is 18.5 Å². The van der Waals surface area contributed by atoms with Crippen LogP contribution < -0.4 is 15.4 Å². The van der Waals surface area contributed by atoms with Crippen molar-refractivity contribution in [1.29, 1.82) is 0 Å². The molecule has 2 N–H and O–H groups in total. The highest BCUT2D eigenvalue weighted by Gasteiger charge is 2.06. The first-order chi connectivity index (χ1) is 10.7. The van der Waals surface area contributed by atoms with Gasteiger partial charge in [0, 0.05) is 18.4 Å². The highest BCUT2D eigenvalue weighted by atomic mass is 16.5. The third-order valence-corrected chi connectivity index (χ3v) is 3.07. The third kappa shape index (κ3) is 5.97. The molecular formula is C16H22N4O2. The van der Waals surface area contributed by atoms with E-state index in [1.54, 1.807) is 6.20 Å². The van der Waals surface area contributed by atoms with Gasteiger partial charge in [-0.2, -0.15) is 5.10 Å². The first-order valence-electron chi connectivity index (χ1n) is 7.39. The molecule has 0 aliphatic rings. The van der Waals surface area contributed by atoms with Crippen molar-refractivity contribution in [3.8, 4) is 5.75 Å². The molecule has 6 nitrogen and oxygen atoms in total. The van der Waals surface area contributed by atoms with Gasteiger partial charge in [-0.1, -0.05) is 18.2 Å². The van der Waals surface area contributed by atoms with E-state index < -0.39 is 0 Å². The normalized spacial score (nSPS) is 11.9. The van der Waals surface area contributed by atoms with Gasteiger partial charge in [0.25, 0.3) is 0 Å². The van der Waals surface area contributed by atoms with Gasteiger partial charge >= 0.3 is 0 Å². The van der Waals surface area contributed by atoms with Crippen LogP contribution in [-0.2, 0) is 11.3 Å². The maximum Gasteiger partial charge on any atom is 0.234 e. The van der Waals surface area contributed by atoms with Gasteiger partial charge in [-0.25, -0.2) is 0 Å². The molecule has 1 aromatic carbocycles. The highest BCUT2D eigenvalue weighted by molar-refractivity contribution is 5.77. The quantitative estimate of drug-likeness (QED) is 0.680. The fourth-order valence-corrected chi connectivity index (χ4v) is 1.96. The number of amides is 1. The van der Waals surface area contributed by atoms with E-state index in [9.17, 15) is 4.79 Å². The van der Waals surface area contributed by atoms with E-state index in [0.717, 1.165) is 12.3 Å². The van der Waals surface area contributed by atoms with Gasteiger partial charge < -0.3 is 15.4 Å². The second kappa shape index (κ2) is 8.84. The summed E-state index contributed by atoms with van der Waals surface area (Å²) >= 11 is 0. The Balaban J connectivity index is 1.54. The largest absolute Gasteiger partial charge is 0.492 e. The number of para-hydroxylation sites is 1. The summed E-state index contributed by atoms with van der Waals surface area (Å²) < 4.78 is 7.34. The average Bonchev–Trinajstić information content (AvgIpc) is 3.03. The molecule has 1 atom stereocenters. The summed E-state index contributed by atoms with van der Waals surface area (Å²) in [5.74, 6) is 0.770. The van der Waals surface area contributed by atoms with Crippen LogP contribution in [0.3, 0.4) is 0 Å². The maximum absolute atomic E-state index is 11.7. The standard InChI is InChI=1S/C16H22N4O2/c1-14(13-20-10-5-8-19-20)18-12-16(21)17-9-11-22-15-6-3-2-4-7-15/h2-8,10,14,18H,9,11-13H2,1H3,(H,17,21)/t14-/m1/s1. The molecule has 2 rings (SSSR count). The first-order valence-corrected chi connectivity index (χ1v) is 7.39. The molecule has 1 aromatic heterocycles. The van der Waals surface area contributed by atoms with E-state index in [1.165, 1.54) is 0 Å². The fourth-order valence-electron chi connectivity index (χ4n) is 1.96. The van der Waals surface area contributed by atoms with Crippen LogP contribution >= 0.6 is 0 Å². The second-order valence-electron chi connectivity index (χ2n) is 5.02. The first kappa shape index (κ1) is 16.0. The van der Waals surface area contributed by atoms with Crippen LogP contribution in [0.25, 0.3) is 0 Å². The Morgan fingerprint density at radius 2 is 2.14 bits per heavy atom. The Bertz CT molecular complexity index is 543. The molecule has 0 radical (unpaired) electrons. The molecule has 22 heavy (non-hydrogen) atoms. The minimum atomic E-state index is -0.0380. The number of ether oxygens (including phenoxy) is 1. The van der Waals surface area contributed by atoms with Crippen molar-refractivity contribution in [3.05, 3.63) is 48.8 Å². The molecule has 6 heteroatoms. The van der Waals surface area contributed by atoms with Gasteiger partial charge in [-0.3, -0.25) is 9.48 Å². The topological polar surface area (TPSA) is 68.2 Å². The van der Waals surface area contributed by atoms with Crippen LogP contribution in [0.1, 0.15) is 6.92 Å². The Morgan fingerprint density at radius 3 is 2.86 bits per heavy atom. The number of aromatic nitrogens is 2. The lowest BCUT2D eigenvalue weighted by molar-refractivity contribution is -0.120. The summed E-state index contributed by atoms with van der Waals surface area (Å²) in [6.07, 6.45) is 3.64. The van der Waals surface area contributed by atoms with Gasteiger partial charge in [-0.05, 0) is 25.1 Å². The summed E-state index contributed by atoms with van der Waals surface area (Å²) in [6.45, 7) is 3.99. The number of benzene rings is 1. The zero-order valence-electron chi connectivity index (χ0n) is 12.7. The minimum absolute atomic E-state index is 0.0380. The predicted molar refractivity (Wildman–Crippen MR) is 84.6 cm³/mol. The number of nitrogens with zero attached hydrogens (tertiary/aromatic N) is 2. The Kier molecular flexibility index (Phi) is 6.44. The van der Waals surface area contributed by atoms with Crippen molar-refractivity contribution < 1.29 is 9.53 Å². The summed E-state index contributed by atoms with van der Waals surface area (Å²) in [6, 6.07) is 11.6. The van der Waals surface area contributed by atoms with Crippen LogP contribution in [0.5, 0.6) is 5.75 Å². The van der Waals surface area contributed by atoms with Crippen molar-refractivity contribution in [2.24, 2.45) is 0 Å². The molecule has 0 saturated carbocycles. The van der Waals surface area contributed by atoms with Crippen molar-refractivity contribution in [2.45, 2.75) is 19.5 Å². The van der Waals surface area contributed by atoms with Gasteiger partial charge in [0.1, 0.15) is 12.4 Å². The Morgan fingerprint density at radius 1 is 1.32 bits per heavy atom. The van der Waals surface area contributed by atoms with E-state index in [2.05, 4.69) is 15.7 Å². The van der Waals surface area contributed by atoms with Gasteiger partial charge in [0.05, 0.1) is 19.6 Å². The van der Waals surface area contributed by atoms with Crippen molar-refractivity contribution in [3.63, 3.8) is 0 Å². The summed E-state index contributed by atoms with van der Waals surface area (Å²) in [4.78, 5) is 11.7. The van der Waals surface area contributed by atoms with Crippen molar-refractivity contribution in [1.82, 2.24) is 20.4 Å². The molecule has 0 bridgehead atoms. The van der Waals surface area contributed by atoms with E-state index >= 15 is 0 Å². The third-order valence-electron chi connectivity index (χ3n) is 3.07. The van der Waals surface area contributed by atoms with Crippen molar-refractivity contribution in [2.75, 3.05) is 19.7 Å². The Labute approximate surface area is 130 Å². The molecule has 1 heterocycles. The molecule has 0 aliphatic carbocycles. The molecule has 1 amide bonds. The van der Waals surface area contributed by atoms with E-state index in [0.29, 0.717) is 13.2 Å². The molecule has 0 spiro atoms. The molecule has 0 fully saturated rings. The van der Waals surface area contributed by atoms with Crippen LogP contribution in [0.4, 0.5) is 0 Å². The summed E-state index contributed by atoms with van der Waals surface area (Å²) in [5.41, 5.74) is 0. The molecule has 0 saturated heterocycles. The van der Waals surface area contributed by atoms with Gasteiger partial charge in [0.2, 0.25) is 5.91 Å². The molecular weight excluding hydrogens is 280 g/mol. The zero-order valence-corrected chi connectivity index (χ0v) is 12.7. The van der Waals surface area contributed by atoms with Crippen LogP contribution in [0.15, 0.2) is 48.8 Å². The predicted octanol–water partition coefficient (Wildman–Crippen LogP) is 1.06. The zero-order chi connectivity index (χ0) is 15.6. The fraction of sp³-hybridized carbons (Fsp3) is 0.375. The van der Waals surface area contributed by atoms with Gasteiger partial charge in [0.15, 0.2) is 0 Å². The highest BCUT2D eigenvalue weighted by Crippen LogP contribution is 2.07. The lowest BCUT2D eigenvalue weighted by Crippen LogP contribution is -2.40. The number of hydrogen-bond acceptors (Lipinski definition) is 4. The number of rotatable bonds is 9. The number of nitrogens with one attached hydrogen (secondary N) is 2. The minimum Gasteiger partial charge on any atom is -0.492 e. The molecule has 118 valence electrons. The smallest absolute Gasteiger partial charge is 0.234 e. The summed E-state index contributed by atoms with van der Waals surface area (Å²) in [7, 11) is 0. The van der Waals surface area contributed by atoms with Gasteiger partial charge in [-0.15, -0.1) is 0 Å². The lowest BCUT2D eigenvalue weighted by atomic mass is 10.3. The SMILES string of the molecule is C[C@H](Cn1cccn1)NCC(=O)NCCOc1ccccc1. The number of carbonyl (C=O) groups is 1. The van der Waals surface area contributed by atoms with Crippen LogP contribution in [-0.4, -0.2) is 41.4 Å². The van der Waals surface area contributed by atoms with Crippen LogP contribution in [0, 0.1) is 0 Å². The maximum atomic E-state index is 11.7. The van der Waals surface area contributed by atoms with Crippen LogP contribution in [0.2, 0.25) is 0 Å². The average molecular weight is 302 g/mol. The lowest BCUT2D eigenvalue weighted by Gasteiger charge is -2.14. The second-order valence-corrected chi connectivity index (χ2v) is 5.02. The number of hydrogen-bond donors (Lipinski definition) is 2. The molecule has 0 unspecified atom stereocenters. The molecule has 2 aromatic rings. The van der Waals surface area contributed by atoms with E-state index in [1.807, 2.05) is 54.2 Å². The number of carbonyl (C=O) groups excluding carboxylic acids is 1.